The molecule has 0 saturated carbocycles. The summed E-state index contributed by atoms with van der Waals surface area (Å²) in [5, 5.41) is 15.6. The Balaban J connectivity index is 2.31. The van der Waals surface area contributed by atoms with Gasteiger partial charge in [-0.3, -0.25) is 4.68 Å². The summed E-state index contributed by atoms with van der Waals surface area (Å²) in [7, 11) is 4.02. The lowest BCUT2D eigenvalue weighted by atomic mass is 10.0. The Morgan fingerprint density at radius 1 is 1.43 bits per heavy atom. The number of aromatic nitrogens is 2. The summed E-state index contributed by atoms with van der Waals surface area (Å²) >= 11 is 9.61. The molecule has 0 aliphatic rings. The van der Waals surface area contributed by atoms with Crippen molar-refractivity contribution in [3.63, 3.8) is 0 Å². The summed E-state index contributed by atoms with van der Waals surface area (Å²) < 4.78 is 2.62. The van der Waals surface area contributed by atoms with Gasteiger partial charge in [0.15, 0.2) is 0 Å². The van der Waals surface area contributed by atoms with Crippen LogP contribution in [0.2, 0.25) is 5.02 Å². The summed E-state index contributed by atoms with van der Waals surface area (Å²) in [6.07, 6.45) is 0.950. The van der Waals surface area contributed by atoms with Crippen LogP contribution in [-0.2, 0) is 6.54 Å². The van der Waals surface area contributed by atoms with Crippen molar-refractivity contribution in [3.8, 4) is 0 Å². The standard InChI is InChI=1S/C15H19BrClN3O/c1-10-4-5-11(8-13(10)17)15(21)14-12(16)9-18-20(14)7-6-19(2)3/h4-5,8-9,15,21H,6-7H2,1-3H3. The number of rotatable bonds is 5. The molecule has 0 amide bonds. The molecule has 0 spiro atoms. The first-order chi connectivity index (χ1) is 9.90. The lowest BCUT2D eigenvalue weighted by molar-refractivity contribution is 0.205. The molecule has 6 heteroatoms. The van der Waals surface area contributed by atoms with E-state index in [1.165, 1.54) is 0 Å². The van der Waals surface area contributed by atoms with Crippen molar-refractivity contribution in [1.29, 1.82) is 0 Å². The Morgan fingerprint density at radius 2 is 2.14 bits per heavy atom. The van der Waals surface area contributed by atoms with Crippen molar-refractivity contribution in [3.05, 3.63) is 50.7 Å². The van der Waals surface area contributed by atoms with Gasteiger partial charge in [-0.2, -0.15) is 5.10 Å². The fourth-order valence-corrected chi connectivity index (χ4v) is 2.76. The van der Waals surface area contributed by atoms with Gasteiger partial charge in [0.1, 0.15) is 6.10 Å². The smallest absolute Gasteiger partial charge is 0.122 e. The number of aliphatic hydroxyl groups excluding tert-OH is 1. The molecule has 2 rings (SSSR count). The molecule has 0 fully saturated rings. The largest absolute Gasteiger partial charge is 0.382 e. The predicted molar refractivity (Wildman–Crippen MR) is 88.7 cm³/mol. The summed E-state index contributed by atoms with van der Waals surface area (Å²) in [4.78, 5) is 2.08. The van der Waals surface area contributed by atoms with Gasteiger partial charge in [-0.25, -0.2) is 0 Å². The monoisotopic (exact) mass is 371 g/mol. The van der Waals surface area contributed by atoms with Crippen LogP contribution in [0.5, 0.6) is 0 Å². The van der Waals surface area contributed by atoms with Gasteiger partial charge >= 0.3 is 0 Å². The molecule has 0 aliphatic carbocycles. The average Bonchev–Trinajstić information content (AvgIpc) is 2.80. The maximum Gasteiger partial charge on any atom is 0.122 e. The van der Waals surface area contributed by atoms with E-state index in [4.69, 9.17) is 11.6 Å². The normalized spacial score (nSPS) is 12.9. The minimum absolute atomic E-state index is 0.655. The zero-order chi connectivity index (χ0) is 15.6. The average molecular weight is 373 g/mol. The first-order valence-corrected chi connectivity index (χ1v) is 7.87. The number of aliphatic hydroxyl groups is 1. The number of benzene rings is 1. The van der Waals surface area contributed by atoms with Gasteiger partial charge in [0.05, 0.1) is 22.9 Å². The fourth-order valence-electron chi connectivity index (χ4n) is 2.05. The van der Waals surface area contributed by atoms with Crippen LogP contribution < -0.4 is 0 Å². The molecule has 114 valence electrons. The quantitative estimate of drug-likeness (QED) is 0.876. The Kier molecular flexibility index (Phi) is 5.43. The molecule has 0 saturated heterocycles. The Labute approximate surface area is 138 Å². The van der Waals surface area contributed by atoms with E-state index in [1.54, 1.807) is 12.3 Å². The third-order valence-corrected chi connectivity index (χ3v) is 4.38. The van der Waals surface area contributed by atoms with E-state index >= 15 is 0 Å². The SMILES string of the molecule is Cc1ccc(C(O)c2c(Br)cnn2CCN(C)C)cc1Cl. The van der Waals surface area contributed by atoms with Crippen LogP contribution in [0.1, 0.15) is 22.9 Å². The fraction of sp³-hybridized carbons (Fsp3) is 0.400. The van der Waals surface area contributed by atoms with Crippen LogP contribution in [-0.4, -0.2) is 40.4 Å². The predicted octanol–water partition coefficient (Wildman–Crippen LogP) is 3.25. The molecule has 1 aromatic heterocycles. The molecular formula is C15H19BrClN3O. The minimum Gasteiger partial charge on any atom is -0.382 e. The first-order valence-electron chi connectivity index (χ1n) is 6.70. The van der Waals surface area contributed by atoms with E-state index < -0.39 is 6.10 Å². The first kappa shape index (κ1) is 16.5. The van der Waals surface area contributed by atoms with E-state index in [2.05, 4.69) is 25.9 Å². The third-order valence-electron chi connectivity index (χ3n) is 3.36. The Hall–Kier alpha value is -0.880. The van der Waals surface area contributed by atoms with Crippen LogP contribution in [0, 0.1) is 6.92 Å². The van der Waals surface area contributed by atoms with E-state index in [1.807, 2.05) is 37.8 Å². The zero-order valence-corrected chi connectivity index (χ0v) is 14.7. The van der Waals surface area contributed by atoms with E-state index in [0.717, 1.165) is 27.8 Å². The Bertz CT molecular complexity index is 627. The maximum atomic E-state index is 10.7. The van der Waals surface area contributed by atoms with E-state index in [-0.39, 0.29) is 0 Å². The number of halogens is 2. The second-order valence-electron chi connectivity index (χ2n) is 5.32. The molecule has 1 aromatic carbocycles. The second-order valence-corrected chi connectivity index (χ2v) is 6.58. The van der Waals surface area contributed by atoms with E-state index in [9.17, 15) is 5.11 Å². The molecule has 4 nitrogen and oxygen atoms in total. The Morgan fingerprint density at radius 3 is 2.76 bits per heavy atom. The van der Waals surface area contributed by atoms with Crippen molar-refractivity contribution in [2.75, 3.05) is 20.6 Å². The second kappa shape index (κ2) is 6.92. The van der Waals surface area contributed by atoms with Crippen molar-refractivity contribution >= 4 is 27.5 Å². The summed E-state index contributed by atoms with van der Waals surface area (Å²) in [6, 6.07) is 5.61. The number of hydrogen-bond donors (Lipinski definition) is 1. The number of hydrogen-bond acceptors (Lipinski definition) is 3. The van der Waals surface area contributed by atoms with Gasteiger partial charge in [0.2, 0.25) is 0 Å². The maximum absolute atomic E-state index is 10.7. The zero-order valence-electron chi connectivity index (χ0n) is 12.3. The van der Waals surface area contributed by atoms with Gasteiger partial charge in [-0.15, -0.1) is 0 Å². The molecule has 21 heavy (non-hydrogen) atoms. The van der Waals surface area contributed by atoms with Crippen molar-refractivity contribution in [2.24, 2.45) is 0 Å². The summed E-state index contributed by atoms with van der Waals surface area (Å²) in [5.41, 5.74) is 2.50. The number of nitrogens with zero attached hydrogens (tertiary/aromatic N) is 3. The van der Waals surface area contributed by atoms with Crippen LogP contribution >= 0.6 is 27.5 Å². The molecule has 2 aromatic rings. The lowest BCUT2D eigenvalue weighted by Gasteiger charge is -2.17. The molecule has 1 heterocycles. The van der Waals surface area contributed by atoms with Gasteiger partial charge < -0.3 is 10.0 Å². The van der Waals surface area contributed by atoms with Crippen LogP contribution in [0.25, 0.3) is 0 Å². The topological polar surface area (TPSA) is 41.3 Å². The molecule has 0 bridgehead atoms. The summed E-state index contributed by atoms with van der Waals surface area (Å²) in [6.45, 7) is 3.50. The van der Waals surface area contributed by atoms with Crippen LogP contribution in [0.3, 0.4) is 0 Å². The van der Waals surface area contributed by atoms with Gasteiger partial charge in [0.25, 0.3) is 0 Å². The van der Waals surface area contributed by atoms with Crippen molar-refractivity contribution in [2.45, 2.75) is 19.6 Å². The van der Waals surface area contributed by atoms with Crippen LogP contribution in [0.15, 0.2) is 28.9 Å². The van der Waals surface area contributed by atoms with Crippen LogP contribution in [0.4, 0.5) is 0 Å². The minimum atomic E-state index is -0.762. The molecule has 1 unspecified atom stereocenters. The van der Waals surface area contributed by atoms with Gasteiger partial charge in [0, 0.05) is 11.6 Å². The molecule has 1 N–H and O–H groups in total. The highest BCUT2D eigenvalue weighted by Crippen LogP contribution is 2.30. The number of likely N-dealkylation sites (N-methyl/N-ethyl adjacent to an activating group) is 1. The van der Waals surface area contributed by atoms with Crippen molar-refractivity contribution in [1.82, 2.24) is 14.7 Å². The highest BCUT2D eigenvalue weighted by Gasteiger charge is 2.20. The number of aryl methyl sites for hydroxylation is 1. The molecule has 0 aliphatic heterocycles. The van der Waals surface area contributed by atoms with Gasteiger partial charge in [-0.05, 0) is 54.1 Å². The highest BCUT2D eigenvalue weighted by atomic mass is 79.9. The molecule has 0 radical (unpaired) electrons. The lowest BCUT2D eigenvalue weighted by Crippen LogP contribution is -2.21. The molecule has 1 atom stereocenters. The molecular weight excluding hydrogens is 354 g/mol. The highest BCUT2D eigenvalue weighted by molar-refractivity contribution is 9.10. The van der Waals surface area contributed by atoms with E-state index in [0.29, 0.717) is 11.6 Å². The third kappa shape index (κ3) is 3.86. The van der Waals surface area contributed by atoms with Crippen molar-refractivity contribution < 1.29 is 5.11 Å². The summed E-state index contributed by atoms with van der Waals surface area (Å²) in [5.74, 6) is 0. The van der Waals surface area contributed by atoms with Gasteiger partial charge in [-0.1, -0.05) is 23.7 Å².